The van der Waals surface area contributed by atoms with Gasteiger partial charge in [0.05, 0.1) is 25.9 Å². The molecule has 106 valence electrons. The van der Waals surface area contributed by atoms with Gasteiger partial charge >= 0.3 is 0 Å². The smallest absolute Gasteiger partial charge is 0.161 e. The minimum atomic E-state index is 0.0672. The molecule has 0 atom stereocenters. The third-order valence-electron chi connectivity index (χ3n) is 3.04. The second kappa shape index (κ2) is 6.49. The molecule has 1 N–H and O–H groups in total. The van der Waals surface area contributed by atoms with Crippen molar-refractivity contribution in [1.29, 1.82) is 5.26 Å². The van der Waals surface area contributed by atoms with E-state index in [4.69, 9.17) is 9.47 Å². The Labute approximate surface area is 123 Å². The highest BCUT2D eigenvalue weighted by Gasteiger charge is 2.05. The monoisotopic (exact) mass is 281 g/mol. The molecule has 4 heteroatoms. The molecule has 0 saturated carbocycles. The van der Waals surface area contributed by atoms with Crippen molar-refractivity contribution < 1.29 is 14.6 Å². The molecular formula is C17H15NO3. The Bertz CT molecular complexity index is 697. The van der Waals surface area contributed by atoms with Gasteiger partial charge in [0.1, 0.15) is 5.75 Å². The SMILES string of the molecule is COc1ccc(/C(C#N)=C\c2ccc(O)c(OC)c2)cc1. The summed E-state index contributed by atoms with van der Waals surface area (Å²) in [4.78, 5) is 0. The number of nitriles is 1. The van der Waals surface area contributed by atoms with Gasteiger partial charge in [0.25, 0.3) is 0 Å². The first-order valence-corrected chi connectivity index (χ1v) is 6.31. The van der Waals surface area contributed by atoms with Gasteiger partial charge in [-0.25, -0.2) is 0 Å². The summed E-state index contributed by atoms with van der Waals surface area (Å²) in [6, 6.07) is 14.4. The van der Waals surface area contributed by atoms with Crippen LogP contribution >= 0.6 is 0 Å². The Hall–Kier alpha value is -2.93. The Kier molecular flexibility index (Phi) is 4.47. The zero-order chi connectivity index (χ0) is 15.2. The number of aromatic hydroxyl groups is 1. The Morgan fingerprint density at radius 3 is 2.38 bits per heavy atom. The quantitative estimate of drug-likeness (QED) is 0.688. The van der Waals surface area contributed by atoms with Crippen molar-refractivity contribution in [1.82, 2.24) is 0 Å². The van der Waals surface area contributed by atoms with Crippen LogP contribution in [0.25, 0.3) is 11.6 Å². The summed E-state index contributed by atoms with van der Waals surface area (Å²) in [6.45, 7) is 0. The number of rotatable bonds is 4. The Morgan fingerprint density at radius 2 is 1.81 bits per heavy atom. The fourth-order valence-corrected chi connectivity index (χ4v) is 1.90. The van der Waals surface area contributed by atoms with E-state index >= 15 is 0 Å². The molecule has 0 radical (unpaired) electrons. The maximum absolute atomic E-state index is 9.58. The number of nitrogens with zero attached hydrogens (tertiary/aromatic N) is 1. The topological polar surface area (TPSA) is 62.5 Å². The lowest BCUT2D eigenvalue weighted by atomic mass is 10.0. The molecule has 2 aromatic carbocycles. The maximum atomic E-state index is 9.58. The zero-order valence-electron chi connectivity index (χ0n) is 11.8. The van der Waals surface area contributed by atoms with E-state index in [0.717, 1.165) is 16.9 Å². The number of allylic oxidation sites excluding steroid dienone is 1. The summed E-state index contributed by atoms with van der Waals surface area (Å²) in [6.07, 6.45) is 1.74. The van der Waals surface area contributed by atoms with Gasteiger partial charge in [-0.3, -0.25) is 0 Å². The van der Waals surface area contributed by atoms with E-state index in [1.54, 1.807) is 37.5 Å². The highest BCUT2D eigenvalue weighted by molar-refractivity contribution is 5.89. The number of hydrogen-bond donors (Lipinski definition) is 1. The summed E-state index contributed by atoms with van der Waals surface area (Å²) in [5.41, 5.74) is 2.09. The maximum Gasteiger partial charge on any atom is 0.161 e. The van der Waals surface area contributed by atoms with Gasteiger partial charge in [-0.1, -0.05) is 6.07 Å². The summed E-state index contributed by atoms with van der Waals surface area (Å²) < 4.78 is 10.2. The minimum Gasteiger partial charge on any atom is -0.504 e. The molecule has 2 rings (SSSR count). The third kappa shape index (κ3) is 3.34. The molecular weight excluding hydrogens is 266 g/mol. The van der Waals surface area contributed by atoms with Crippen LogP contribution in [0, 0.1) is 11.3 Å². The summed E-state index contributed by atoms with van der Waals surface area (Å²) in [5.74, 6) is 1.18. The summed E-state index contributed by atoms with van der Waals surface area (Å²) in [5, 5.41) is 18.9. The Balaban J connectivity index is 2.38. The first-order chi connectivity index (χ1) is 10.2. The second-order valence-electron chi connectivity index (χ2n) is 4.33. The van der Waals surface area contributed by atoms with Crippen molar-refractivity contribution in [2.24, 2.45) is 0 Å². The molecule has 2 aromatic rings. The van der Waals surface area contributed by atoms with Crippen LogP contribution in [-0.2, 0) is 0 Å². The molecule has 0 spiro atoms. The van der Waals surface area contributed by atoms with Crippen molar-refractivity contribution in [3.8, 4) is 23.3 Å². The van der Waals surface area contributed by atoms with Crippen LogP contribution in [0.5, 0.6) is 17.2 Å². The van der Waals surface area contributed by atoms with Crippen molar-refractivity contribution >= 4 is 11.6 Å². The number of methoxy groups -OCH3 is 2. The zero-order valence-corrected chi connectivity index (χ0v) is 11.8. The lowest BCUT2D eigenvalue weighted by molar-refractivity contribution is 0.373. The van der Waals surface area contributed by atoms with Crippen LogP contribution in [0.4, 0.5) is 0 Å². The molecule has 21 heavy (non-hydrogen) atoms. The lowest BCUT2D eigenvalue weighted by Crippen LogP contribution is -1.87. The predicted molar refractivity (Wildman–Crippen MR) is 81.1 cm³/mol. The number of phenols is 1. The van der Waals surface area contributed by atoms with Gasteiger partial charge < -0.3 is 14.6 Å². The molecule has 0 heterocycles. The van der Waals surface area contributed by atoms with Crippen LogP contribution in [0.1, 0.15) is 11.1 Å². The van der Waals surface area contributed by atoms with Crippen molar-refractivity contribution in [3.05, 3.63) is 53.6 Å². The van der Waals surface area contributed by atoms with Gasteiger partial charge in [0.15, 0.2) is 11.5 Å². The van der Waals surface area contributed by atoms with Crippen molar-refractivity contribution in [2.75, 3.05) is 14.2 Å². The van der Waals surface area contributed by atoms with Gasteiger partial charge in [-0.15, -0.1) is 0 Å². The van der Waals surface area contributed by atoms with E-state index in [1.165, 1.54) is 13.2 Å². The van der Waals surface area contributed by atoms with Gasteiger partial charge in [0, 0.05) is 0 Å². The summed E-state index contributed by atoms with van der Waals surface area (Å²) >= 11 is 0. The van der Waals surface area contributed by atoms with Gasteiger partial charge in [-0.2, -0.15) is 5.26 Å². The molecule has 0 bridgehead atoms. The third-order valence-corrected chi connectivity index (χ3v) is 3.04. The van der Waals surface area contributed by atoms with E-state index < -0.39 is 0 Å². The molecule has 0 aliphatic rings. The first kappa shape index (κ1) is 14.5. The molecule has 0 aliphatic carbocycles. The standard InChI is InChI=1S/C17H15NO3/c1-20-15-6-4-13(5-7-15)14(11-18)9-12-3-8-16(19)17(10-12)21-2/h3-10,19H,1-2H3/b14-9-. The van der Waals surface area contributed by atoms with Gasteiger partial charge in [0.2, 0.25) is 0 Å². The normalized spacial score (nSPS) is 10.8. The van der Waals surface area contributed by atoms with Crippen LogP contribution < -0.4 is 9.47 Å². The lowest BCUT2D eigenvalue weighted by Gasteiger charge is -2.05. The van der Waals surface area contributed by atoms with E-state index in [2.05, 4.69) is 6.07 Å². The number of ether oxygens (including phenoxy) is 2. The van der Waals surface area contributed by atoms with E-state index in [9.17, 15) is 10.4 Å². The minimum absolute atomic E-state index is 0.0672. The highest BCUT2D eigenvalue weighted by atomic mass is 16.5. The first-order valence-electron chi connectivity index (χ1n) is 6.31. The fourth-order valence-electron chi connectivity index (χ4n) is 1.90. The van der Waals surface area contributed by atoms with Crippen molar-refractivity contribution in [3.63, 3.8) is 0 Å². The molecule has 0 aromatic heterocycles. The number of benzene rings is 2. The van der Waals surface area contributed by atoms with E-state index in [1.807, 2.05) is 12.1 Å². The molecule has 4 nitrogen and oxygen atoms in total. The van der Waals surface area contributed by atoms with Crippen LogP contribution in [-0.4, -0.2) is 19.3 Å². The molecule has 0 fully saturated rings. The average molecular weight is 281 g/mol. The number of hydrogen-bond acceptors (Lipinski definition) is 4. The van der Waals surface area contributed by atoms with Gasteiger partial charge in [-0.05, 0) is 53.6 Å². The average Bonchev–Trinajstić information content (AvgIpc) is 2.54. The number of phenolic OH excluding ortho intramolecular Hbond substituents is 1. The predicted octanol–water partition coefficient (Wildman–Crippen LogP) is 3.47. The highest BCUT2D eigenvalue weighted by Crippen LogP contribution is 2.28. The van der Waals surface area contributed by atoms with Crippen LogP contribution in [0.2, 0.25) is 0 Å². The van der Waals surface area contributed by atoms with Crippen LogP contribution in [0.3, 0.4) is 0 Å². The fraction of sp³-hybridized carbons (Fsp3) is 0.118. The second-order valence-corrected chi connectivity index (χ2v) is 4.33. The molecule has 0 unspecified atom stereocenters. The molecule has 0 amide bonds. The largest absolute Gasteiger partial charge is 0.504 e. The molecule has 0 saturated heterocycles. The summed E-state index contributed by atoms with van der Waals surface area (Å²) in [7, 11) is 3.08. The van der Waals surface area contributed by atoms with Crippen molar-refractivity contribution in [2.45, 2.75) is 0 Å². The van der Waals surface area contributed by atoms with Crippen LogP contribution in [0.15, 0.2) is 42.5 Å². The van der Waals surface area contributed by atoms with E-state index in [0.29, 0.717) is 11.3 Å². The molecule has 0 aliphatic heterocycles. The Morgan fingerprint density at radius 1 is 1.10 bits per heavy atom. The van der Waals surface area contributed by atoms with E-state index in [-0.39, 0.29) is 5.75 Å².